The Morgan fingerprint density at radius 1 is 1.43 bits per heavy atom. The van der Waals surface area contributed by atoms with Gasteiger partial charge in [-0.25, -0.2) is 4.98 Å². The number of ether oxygens (including phenoxy) is 1. The first-order chi connectivity index (χ1) is 10.3. The Balaban J connectivity index is 1.45. The quantitative estimate of drug-likeness (QED) is 0.876. The molecule has 1 amide bonds. The Kier molecular flexibility index (Phi) is 5.22. The summed E-state index contributed by atoms with van der Waals surface area (Å²) in [6.45, 7) is 3.81. The number of amides is 1. The van der Waals surface area contributed by atoms with Crippen LogP contribution in [0.2, 0.25) is 0 Å². The smallest absolute Gasteiger partial charge is 0.226 e. The fourth-order valence-corrected chi connectivity index (χ4v) is 3.97. The minimum atomic E-state index is 0.0770. The van der Waals surface area contributed by atoms with Crippen LogP contribution in [0.15, 0.2) is 6.20 Å². The lowest BCUT2D eigenvalue weighted by Gasteiger charge is -2.20. The number of nitrogens with zero attached hydrogens (tertiary/aromatic N) is 1. The van der Waals surface area contributed by atoms with Gasteiger partial charge in [-0.15, -0.1) is 11.3 Å². The van der Waals surface area contributed by atoms with Crippen molar-refractivity contribution in [1.82, 2.24) is 10.3 Å². The SMILES string of the molecule is O=C(CCC1CCOC1)Nc1ncc(C2CCNCC2)s1. The van der Waals surface area contributed by atoms with Crippen molar-refractivity contribution in [3.8, 4) is 0 Å². The summed E-state index contributed by atoms with van der Waals surface area (Å²) < 4.78 is 5.33. The topological polar surface area (TPSA) is 63.2 Å². The van der Waals surface area contributed by atoms with Crippen LogP contribution in [0.4, 0.5) is 5.13 Å². The molecule has 21 heavy (non-hydrogen) atoms. The molecule has 3 rings (SSSR count). The van der Waals surface area contributed by atoms with Gasteiger partial charge in [-0.1, -0.05) is 0 Å². The average Bonchev–Trinajstić information content (AvgIpc) is 3.17. The number of thiazole rings is 1. The van der Waals surface area contributed by atoms with Gasteiger partial charge >= 0.3 is 0 Å². The number of rotatable bonds is 5. The third-order valence-electron chi connectivity index (χ3n) is 4.32. The van der Waals surface area contributed by atoms with E-state index in [-0.39, 0.29) is 5.91 Å². The Labute approximate surface area is 129 Å². The van der Waals surface area contributed by atoms with E-state index in [1.807, 2.05) is 6.20 Å². The predicted molar refractivity (Wildman–Crippen MR) is 83.7 cm³/mol. The van der Waals surface area contributed by atoms with Crippen molar-refractivity contribution in [3.05, 3.63) is 11.1 Å². The first-order valence-electron chi connectivity index (χ1n) is 7.85. The number of carbonyl (C=O) groups excluding carboxylic acids is 1. The summed E-state index contributed by atoms with van der Waals surface area (Å²) in [4.78, 5) is 17.6. The molecule has 2 N–H and O–H groups in total. The largest absolute Gasteiger partial charge is 0.381 e. The molecule has 1 unspecified atom stereocenters. The molecule has 0 spiro atoms. The van der Waals surface area contributed by atoms with Crippen molar-refractivity contribution >= 4 is 22.4 Å². The predicted octanol–water partition coefficient (Wildman–Crippen LogP) is 2.37. The van der Waals surface area contributed by atoms with E-state index in [2.05, 4.69) is 15.6 Å². The number of piperidine rings is 1. The van der Waals surface area contributed by atoms with Crippen LogP contribution in [0.3, 0.4) is 0 Å². The standard InChI is InChI=1S/C15H23N3O2S/c19-14(2-1-11-5-8-20-10-11)18-15-17-9-13(21-15)12-3-6-16-7-4-12/h9,11-12,16H,1-8,10H2,(H,17,18,19). The summed E-state index contributed by atoms with van der Waals surface area (Å²) in [5.41, 5.74) is 0. The van der Waals surface area contributed by atoms with Crippen LogP contribution < -0.4 is 10.6 Å². The lowest BCUT2D eigenvalue weighted by atomic mass is 9.97. The minimum absolute atomic E-state index is 0.0770. The van der Waals surface area contributed by atoms with Crippen molar-refractivity contribution < 1.29 is 9.53 Å². The molecule has 0 saturated carbocycles. The number of carbonyl (C=O) groups is 1. The highest BCUT2D eigenvalue weighted by molar-refractivity contribution is 7.15. The van der Waals surface area contributed by atoms with Crippen molar-refractivity contribution in [1.29, 1.82) is 0 Å². The van der Waals surface area contributed by atoms with Gasteiger partial charge in [-0.05, 0) is 50.6 Å². The molecular weight excluding hydrogens is 286 g/mol. The first kappa shape index (κ1) is 14.9. The van der Waals surface area contributed by atoms with Gasteiger partial charge in [0.25, 0.3) is 0 Å². The summed E-state index contributed by atoms with van der Waals surface area (Å²) in [7, 11) is 0. The fraction of sp³-hybridized carbons (Fsp3) is 0.733. The molecule has 1 aromatic rings. The van der Waals surface area contributed by atoms with Gasteiger partial charge < -0.3 is 15.4 Å². The molecule has 3 heterocycles. The second kappa shape index (κ2) is 7.33. The third-order valence-corrected chi connectivity index (χ3v) is 5.39. The molecule has 1 atom stereocenters. The first-order valence-corrected chi connectivity index (χ1v) is 8.67. The molecule has 5 nitrogen and oxygen atoms in total. The lowest BCUT2D eigenvalue weighted by Crippen LogP contribution is -2.26. The molecule has 1 aromatic heterocycles. The highest BCUT2D eigenvalue weighted by Gasteiger charge is 2.19. The third kappa shape index (κ3) is 4.25. The van der Waals surface area contributed by atoms with E-state index in [1.165, 1.54) is 4.88 Å². The van der Waals surface area contributed by atoms with Crippen molar-refractivity contribution in [2.24, 2.45) is 5.92 Å². The maximum atomic E-state index is 12.0. The summed E-state index contributed by atoms with van der Waals surface area (Å²) in [6, 6.07) is 0. The summed E-state index contributed by atoms with van der Waals surface area (Å²) in [5.74, 6) is 1.23. The number of anilines is 1. The Hall–Kier alpha value is -0.980. The Bertz CT molecular complexity index is 465. The van der Waals surface area contributed by atoms with E-state index in [1.54, 1.807) is 11.3 Å². The van der Waals surface area contributed by atoms with Crippen molar-refractivity contribution in [2.75, 3.05) is 31.6 Å². The van der Waals surface area contributed by atoms with E-state index in [4.69, 9.17) is 4.74 Å². The Morgan fingerprint density at radius 2 is 2.29 bits per heavy atom. The van der Waals surface area contributed by atoms with Crippen LogP contribution in [0.1, 0.15) is 42.9 Å². The van der Waals surface area contributed by atoms with E-state index in [0.29, 0.717) is 18.3 Å². The number of hydrogen-bond acceptors (Lipinski definition) is 5. The molecule has 0 radical (unpaired) electrons. The molecule has 2 aliphatic heterocycles. The van der Waals surface area contributed by atoms with Crippen LogP contribution in [0.5, 0.6) is 0 Å². The zero-order valence-electron chi connectivity index (χ0n) is 12.3. The van der Waals surface area contributed by atoms with Crippen LogP contribution in [-0.2, 0) is 9.53 Å². The zero-order chi connectivity index (χ0) is 14.5. The van der Waals surface area contributed by atoms with Gasteiger partial charge in [-0.2, -0.15) is 0 Å². The lowest BCUT2D eigenvalue weighted by molar-refractivity contribution is -0.116. The second-order valence-corrected chi connectivity index (χ2v) is 6.97. The van der Waals surface area contributed by atoms with Gasteiger partial charge in [-0.3, -0.25) is 4.79 Å². The van der Waals surface area contributed by atoms with Gasteiger partial charge in [0.1, 0.15) is 0 Å². The van der Waals surface area contributed by atoms with Crippen LogP contribution in [0, 0.1) is 5.92 Å². The molecule has 2 aliphatic rings. The van der Waals surface area contributed by atoms with Gasteiger partial charge in [0, 0.05) is 30.7 Å². The average molecular weight is 309 g/mol. The van der Waals surface area contributed by atoms with E-state index in [9.17, 15) is 4.79 Å². The molecule has 116 valence electrons. The van der Waals surface area contributed by atoms with E-state index < -0.39 is 0 Å². The molecule has 0 aromatic carbocycles. The summed E-state index contributed by atoms with van der Waals surface area (Å²) in [5, 5.41) is 7.06. The minimum Gasteiger partial charge on any atom is -0.381 e. The van der Waals surface area contributed by atoms with E-state index in [0.717, 1.165) is 57.1 Å². The number of aromatic nitrogens is 1. The number of nitrogens with one attached hydrogen (secondary N) is 2. The zero-order valence-corrected chi connectivity index (χ0v) is 13.1. The van der Waals surface area contributed by atoms with Crippen molar-refractivity contribution in [3.63, 3.8) is 0 Å². The highest BCUT2D eigenvalue weighted by atomic mass is 32.1. The van der Waals surface area contributed by atoms with Crippen molar-refractivity contribution in [2.45, 2.75) is 38.0 Å². The molecule has 0 bridgehead atoms. The van der Waals surface area contributed by atoms with Gasteiger partial charge in [0.15, 0.2) is 5.13 Å². The highest BCUT2D eigenvalue weighted by Crippen LogP contribution is 2.31. The fourth-order valence-electron chi connectivity index (χ4n) is 2.97. The summed E-state index contributed by atoms with van der Waals surface area (Å²) in [6.07, 6.45) is 6.83. The molecule has 0 aliphatic carbocycles. The second-order valence-electron chi connectivity index (χ2n) is 5.91. The maximum Gasteiger partial charge on any atom is 0.226 e. The van der Waals surface area contributed by atoms with E-state index >= 15 is 0 Å². The molecule has 2 fully saturated rings. The van der Waals surface area contributed by atoms with Crippen LogP contribution in [0.25, 0.3) is 0 Å². The molecule has 2 saturated heterocycles. The van der Waals surface area contributed by atoms with Gasteiger partial charge in [0.05, 0.1) is 0 Å². The molecular formula is C15H23N3O2S. The normalized spacial score (nSPS) is 23.3. The Morgan fingerprint density at radius 3 is 3.05 bits per heavy atom. The van der Waals surface area contributed by atoms with Gasteiger partial charge in [0.2, 0.25) is 5.91 Å². The molecule has 6 heteroatoms. The maximum absolute atomic E-state index is 12.0. The summed E-state index contributed by atoms with van der Waals surface area (Å²) >= 11 is 1.63. The number of hydrogen-bond donors (Lipinski definition) is 2. The van der Waals surface area contributed by atoms with Crippen LogP contribution >= 0.6 is 11.3 Å². The monoisotopic (exact) mass is 309 g/mol. The van der Waals surface area contributed by atoms with Crippen LogP contribution in [-0.4, -0.2) is 37.2 Å².